The number of carbonyl (C=O) groups is 4. The van der Waals surface area contributed by atoms with Crippen LogP contribution in [0.5, 0.6) is 0 Å². The Hall–Kier alpha value is -3.33. The third-order valence-electron chi connectivity index (χ3n) is 4.07. The smallest absolute Gasteiger partial charge is 0.370 e. The molecular formula is C23H25NO7S. The molecule has 0 aromatic heterocycles. The summed E-state index contributed by atoms with van der Waals surface area (Å²) in [7, 11) is 0. The minimum Gasteiger partial charge on any atom is -0.459 e. The highest BCUT2D eigenvalue weighted by Crippen LogP contribution is 2.11. The first-order valence-corrected chi connectivity index (χ1v) is 10.9. The van der Waals surface area contributed by atoms with E-state index in [0.717, 1.165) is 5.56 Å². The van der Waals surface area contributed by atoms with E-state index >= 15 is 0 Å². The second kappa shape index (κ2) is 13.2. The highest BCUT2D eigenvalue weighted by atomic mass is 32.2. The van der Waals surface area contributed by atoms with Gasteiger partial charge in [0.2, 0.25) is 6.79 Å². The van der Waals surface area contributed by atoms with E-state index in [2.05, 4.69) is 5.32 Å². The predicted octanol–water partition coefficient (Wildman–Crippen LogP) is 3.55. The Balaban J connectivity index is 1.93. The first kappa shape index (κ1) is 24.9. The SMILES string of the molecule is CC(C)C(=O)OCOC(=O)SC[C@H](NC(=O)c1ccccc1)C(=O)OCc1ccccc1. The third-order valence-corrected chi connectivity index (χ3v) is 4.92. The second-order valence-electron chi connectivity index (χ2n) is 6.93. The van der Waals surface area contributed by atoms with Crippen LogP contribution in [0.1, 0.15) is 29.8 Å². The lowest BCUT2D eigenvalue weighted by molar-refractivity contribution is -0.155. The quantitative estimate of drug-likeness (QED) is 0.424. The molecular weight excluding hydrogens is 434 g/mol. The summed E-state index contributed by atoms with van der Waals surface area (Å²) in [6, 6.07) is 16.3. The van der Waals surface area contributed by atoms with E-state index in [4.69, 9.17) is 14.2 Å². The first-order chi connectivity index (χ1) is 15.4. The van der Waals surface area contributed by atoms with Crippen molar-refractivity contribution in [2.75, 3.05) is 12.5 Å². The molecule has 1 atom stereocenters. The van der Waals surface area contributed by atoms with Crippen molar-refractivity contribution in [3.63, 3.8) is 0 Å². The molecule has 0 aliphatic carbocycles. The Morgan fingerprint density at radius 3 is 2.09 bits per heavy atom. The van der Waals surface area contributed by atoms with Crippen LogP contribution >= 0.6 is 11.8 Å². The van der Waals surface area contributed by atoms with Gasteiger partial charge in [0.1, 0.15) is 12.6 Å². The van der Waals surface area contributed by atoms with Crippen LogP contribution in [0.2, 0.25) is 0 Å². The molecule has 0 saturated heterocycles. The molecule has 9 heteroatoms. The average Bonchev–Trinajstić information content (AvgIpc) is 2.81. The first-order valence-electron chi connectivity index (χ1n) is 9.89. The molecule has 0 unspecified atom stereocenters. The van der Waals surface area contributed by atoms with Gasteiger partial charge in [0, 0.05) is 11.3 Å². The van der Waals surface area contributed by atoms with E-state index in [9.17, 15) is 19.2 Å². The number of ether oxygens (including phenoxy) is 3. The Labute approximate surface area is 190 Å². The summed E-state index contributed by atoms with van der Waals surface area (Å²) in [5, 5.41) is 1.83. The molecule has 0 aliphatic rings. The predicted molar refractivity (Wildman–Crippen MR) is 119 cm³/mol. The van der Waals surface area contributed by atoms with E-state index < -0.39 is 36.0 Å². The topological polar surface area (TPSA) is 108 Å². The van der Waals surface area contributed by atoms with Gasteiger partial charge in [-0.05, 0) is 29.5 Å². The van der Waals surface area contributed by atoms with Crippen molar-refractivity contribution in [1.29, 1.82) is 0 Å². The van der Waals surface area contributed by atoms with E-state index in [1.54, 1.807) is 56.3 Å². The standard InChI is InChI=1S/C23H25NO7S/c1-16(2)21(26)30-15-31-23(28)32-14-19(24-20(25)18-11-7-4-8-12-18)22(27)29-13-17-9-5-3-6-10-17/h3-12,16,19H,13-15H2,1-2H3,(H,24,25)/t19-/m0/s1. The van der Waals surface area contributed by atoms with E-state index in [1.165, 1.54) is 0 Å². The number of amides is 1. The van der Waals surface area contributed by atoms with Crippen molar-refractivity contribution < 1.29 is 33.4 Å². The fourth-order valence-corrected chi connectivity index (χ4v) is 2.98. The van der Waals surface area contributed by atoms with Crippen LogP contribution in [0.3, 0.4) is 0 Å². The normalized spacial score (nSPS) is 11.3. The molecule has 0 aliphatic heterocycles. The number of thioether (sulfide) groups is 1. The molecule has 170 valence electrons. The van der Waals surface area contributed by atoms with Gasteiger partial charge in [-0.15, -0.1) is 0 Å². The minimum atomic E-state index is -1.10. The van der Waals surface area contributed by atoms with Gasteiger partial charge >= 0.3 is 17.2 Å². The zero-order valence-corrected chi connectivity index (χ0v) is 18.6. The van der Waals surface area contributed by atoms with E-state index in [0.29, 0.717) is 17.3 Å². The number of nitrogens with one attached hydrogen (secondary N) is 1. The molecule has 2 rings (SSSR count). The van der Waals surface area contributed by atoms with Crippen molar-refractivity contribution >= 4 is 34.9 Å². The van der Waals surface area contributed by atoms with Gasteiger partial charge in [-0.25, -0.2) is 9.59 Å². The lowest BCUT2D eigenvalue weighted by Gasteiger charge is -2.17. The maximum Gasteiger partial charge on any atom is 0.370 e. The summed E-state index contributed by atoms with van der Waals surface area (Å²) >= 11 is 0.664. The number of esters is 2. The molecule has 2 aromatic carbocycles. The van der Waals surface area contributed by atoms with Crippen molar-refractivity contribution in [3.05, 3.63) is 71.8 Å². The molecule has 1 N–H and O–H groups in total. The van der Waals surface area contributed by atoms with Crippen LogP contribution in [-0.2, 0) is 30.4 Å². The van der Waals surface area contributed by atoms with Gasteiger partial charge in [-0.3, -0.25) is 9.59 Å². The maximum atomic E-state index is 12.6. The molecule has 0 heterocycles. The summed E-state index contributed by atoms with van der Waals surface area (Å²) in [6.45, 7) is 2.81. The third kappa shape index (κ3) is 8.81. The van der Waals surface area contributed by atoms with Crippen LogP contribution in [0.15, 0.2) is 60.7 Å². The largest absolute Gasteiger partial charge is 0.459 e. The van der Waals surface area contributed by atoms with Crippen LogP contribution in [-0.4, -0.2) is 41.7 Å². The Bertz CT molecular complexity index is 903. The van der Waals surface area contributed by atoms with E-state index in [-0.39, 0.29) is 18.3 Å². The highest BCUT2D eigenvalue weighted by molar-refractivity contribution is 8.13. The molecule has 0 bridgehead atoms. The lowest BCUT2D eigenvalue weighted by atomic mass is 10.2. The van der Waals surface area contributed by atoms with Gasteiger partial charge in [0.15, 0.2) is 0 Å². The zero-order valence-electron chi connectivity index (χ0n) is 17.8. The monoisotopic (exact) mass is 459 g/mol. The van der Waals surface area contributed by atoms with Gasteiger partial charge in [0.05, 0.1) is 5.92 Å². The van der Waals surface area contributed by atoms with Gasteiger partial charge in [-0.1, -0.05) is 62.4 Å². The molecule has 8 nitrogen and oxygen atoms in total. The van der Waals surface area contributed by atoms with Crippen molar-refractivity contribution in [2.45, 2.75) is 26.5 Å². The molecule has 0 radical (unpaired) electrons. The molecule has 0 saturated carbocycles. The number of rotatable bonds is 10. The Morgan fingerprint density at radius 1 is 0.844 bits per heavy atom. The highest BCUT2D eigenvalue weighted by Gasteiger charge is 2.25. The second-order valence-corrected chi connectivity index (χ2v) is 7.88. The van der Waals surface area contributed by atoms with Crippen LogP contribution in [0, 0.1) is 5.92 Å². The fourth-order valence-electron chi connectivity index (χ4n) is 2.32. The molecule has 2 aromatic rings. The summed E-state index contributed by atoms with van der Waals surface area (Å²) in [6.07, 6.45) is 0. The molecule has 1 amide bonds. The Kier molecular flexibility index (Phi) is 10.3. The van der Waals surface area contributed by atoms with Crippen LogP contribution in [0.25, 0.3) is 0 Å². The van der Waals surface area contributed by atoms with Crippen molar-refractivity contribution in [1.82, 2.24) is 5.32 Å². The number of hydrogen-bond acceptors (Lipinski definition) is 8. The molecule has 0 spiro atoms. The van der Waals surface area contributed by atoms with Crippen LogP contribution < -0.4 is 5.32 Å². The van der Waals surface area contributed by atoms with Gasteiger partial charge < -0.3 is 19.5 Å². The Morgan fingerprint density at radius 2 is 1.47 bits per heavy atom. The lowest BCUT2D eigenvalue weighted by Crippen LogP contribution is -2.43. The number of hydrogen-bond donors (Lipinski definition) is 1. The average molecular weight is 460 g/mol. The minimum absolute atomic E-state index is 0.0254. The van der Waals surface area contributed by atoms with Crippen molar-refractivity contribution in [3.8, 4) is 0 Å². The van der Waals surface area contributed by atoms with Gasteiger partial charge in [-0.2, -0.15) is 0 Å². The summed E-state index contributed by atoms with van der Waals surface area (Å²) in [5.74, 6) is -2.14. The van der Waals surface area contributed by atoms with E-state index in [1.807, 2.05) is 18.2 Å². The van der Waals surface area contributed by atoms with Gasteiger partial charge in [0.25, 0.3) is 5.91 Å². The number of benzene rings is 2. The zero-order chi connectivity index (χ0) is 23.3. The van der Waals surface area contributed by atoms with Crippen LogP contribution in [0.4, 0.5) is 4.79 Å². The van der Waals surface area contributed by atoms with Crippen molar-refractivity contribution in [2.24, 2.45) is 5.92 Å². The summed E-state index contributed by atoms with van der Waals surface area (Å²) in [5.41, 5.74) is 1.15. The molecule has 32 heavy (non-hydrogen) atoms. The summed E-state index contributed by atoms with van der Waals surface area (Å²) in [4.78, 5) is 48.4. The maximum absolute atomic E-state index is 12.6. The summed E-state index contributed by atoms with van der Waals surface area (Å²) < 4.78 is 14.9. The fraction of sp³-hybridized carbons (Fsp3) is 0.304. The molecule has 0 fully saturated rings. The number of carbonyl (C=O) groups excluding carboxylic acids is 4.